The van der Waals surface area contributed by atoms with Crippen LogP contribution in [0.4, 0.5) is 10.2 Å². The average Bonchev–Trinajstić information content (AvgIpc) is 2.45. The zero-order chi connectivity index (χ0) is 15.6. The molecule has 0 saturated carbocycles. The number of hydrogen-bond acceptors (Lipinski definition) is 4. The molecule has 1 aromatic heterocycles. The van der Waals surface area contributed by atoms with Gasteiger partial charge in [0.05, 0.1) is 5.75 Å². The molecule has 2 heterocycles. The first-order valence-corrected chi connectivity index (χ1v) is 8.79. The van der Waals surface area contributed by atoms with E-state index in [2.05, 4.69) is 4.98 Å². The fraction of sp³-hybridized carbons (Fsp3) is 0.643. The monoisotopic (exact) mass is 315 g/mol. The Bertz CT molecular complexity index is 578. The molecule has 0 radical (unpaired) electrons. The second-order valence-electron chi connectivity index (χ2n) is 5.42. The standard InChI is InChI=1S/C14H22FN3O2S/c1-4-21(19,20)17(3)13-5-7-18(8-6-13)14-10-12(15)9-11(2)16-14/h9-10,13H,4-8H2,1-3H3. The minimum Gasteiger partial charge on any atom is -0.356 e. The lowest BCUT2D eigenvalue weighted by Gasteiger charge is -2.36. The lowest BCUT2D eigenvalue weighted by molar-refractivity contribution is 0.312. The maximum atomic E-state index is 13.4. The maximum absolute atomic E-state index is 13.4. The van der Waals surface area contributed by atoms with Gasteiger partial charge in [-0.25, -0.2) is 22.1 Å². The van der Waals surface area contributed by atoms with Crippen LogP contribution >= 0.6 is 0 Å². The van der Waals surface area contributed by atoms with Crippen LogP contribution in [0.3, 0.4) is 0 Å². The van der Waals surface area contributed by atoms with Gasteiger partial charge in [0.2, 0.25) is 10.0 Å². The molecule has 0 bridgehead atoms. The van der Waals surface area contributed by atoms with Gasteiger partial charge in [-0.3, -0.25) is 0 Å². The number of halogens is 1. The van der Waals surface area contributed by atoms with E-state index in [0.717, 1.165) is 12.8 Å². The zero-order valence-electron chi connectivity index (χ0n) is 12.7. The van der Waals surface area contributed by atoms with Gasteiger partial charge in [-0.05, 0) is 32.8 Å². The topological polar surface area (TPSA) is 53.5 Å². The molecule has 1 aliphatic rings. The van der Waals surface area contributed by atoms with E-state index >= 15 is 0 Å². The third kappa shape index (κ3) is 3.71. The molecule has 5 nitrogen and oxygen atoms in total. The normalized spacial score (nSPS) is 17.5. The van der Waals surface area contributed by atoms with Crippen molar-refractivity contribution in [2.75, 3.05) is 30.8 Å². The van der Waals surface area contributed by atoms with Crippen LogP contribution in [0.25, 0.3) is 0 Å². The van der Waals surface area contributed by atoms with E-state index < -0.39 is 10.0 Å². The van der Waals surface area contributed by atoms with Crippen LogP contribution in [-0.4, -0.2) is 49.6 Å². The number of hydrogen-bond donors (Lipinski definition) is 0. The first-order chi connectivity index (χ1) is 9.83. The summed E-state index contributed by atoms with van der Waals surface area (Å²) in [4.78, 5) is 6.36. The van der Waals surface area contributed by atoms with Gasteiger partial charge in [0, 0.05) is 37.9 Å². The van der Waals surface area contributed by atoms with E-state index in [9.17, 15) is 12.8 Å². The Morgan fingerprint density at radius 3 is 2.52 bits per heavy atom. The van der Waals surface area contributed by atoms with Crippen molar-refractivity contribution >= 4 is 15.8 Å². The van der Waals surface area contributed by atoms with E-state index in [4.69, 9.17) is 0 Å². The first-order valence-electron chi connectivity index (χ1n) is 7.18. The number of piperidine rings is 1. The summed E-state index contributed by atoms with van der Waals surface area (Å²) in [5.41, 5.74) is 0.651. The van der Waals surface area contributed by atoms with Crippen molar-refractivity contribution < 1.29 is 12.8 Å². The van der Waals surface area contributed by atoms with E-state index in [0.29, 0.717) is 24.6 Å². The Hall–Kier alpha value is -1.21. The molecular weight excluding hydrogens is 293 g/mol. The van der Waals surface area contributed by atoms with E-state index in [1.54, 1.807) is 20.9 Å². The molecule has 0 spiro atoms. The van der Waals surface area contributed by atoms with Gasteiger partial charge >= 0.3 is 0 Å². The quantitative estimate of drug-likeness (QED) is 0.850. The number of sulfonamides is 1. The van der Waals surface area contributed by atoms with Gasteiger partial charge < -0.3 is 4.90 Å². The van der Waals surface area contributed by atoms with Gasteiger partial charge in [-0.15, -0.1) is 0 Å². The molecule has 0 atom stereocenters. The summed E-state index contributed by atoms with van der Waals surface area (Å²) < 4.78 is 38.7. The highest BCUT2D eigenvalue weighted by molar-refractivity contribution is 7.89. The van der Waals surface area contributed by atoms with Crippen LogP contribution in [0, 0.1) is 12.7 Å². The molecule has 21 heavy (non-hydrogen) atoms. The minimum atomic E-state index is -3.15. The Balaban J connectivity index is 2.03. The molecule has 0 unspecified atom stereocenters. The zero-order valence-corrected chi connectivity index (χ0v) is 13.5. The molecule has 118 valence electrons. The fourth-order valence-corrected chi connectivity index (χ4v) is 3.73. The van der Waals surface area contributed by atoms with Crippen LogP contribution in [0.5, 0.6) is 0 Å². The molecule has 1 aromatic rings. The predicted octanol–water partition coefficient (Wildman–Crippen LogP) is 1.78. The van der Waals surface area contributed by atoms with Crippen molar-refractivity contribution in [2.24, 2.45) is 0 Å². The summed E-state index contributed by atoms with van der Waals surface area (Å²) in [5.74, 6) is 0.464. The number of pyridine rings is 1. The largest absolute Gasteiger partial charge is 0.356 e. The number of aryl methyl sites for hydroxylation is 1. The Morgan fingerprint density at radius 2 is 2.00 bits per heavy atom. The molecule has 0 aromatic carbocycles. The molecule has 0 N–H and O–H groups in total. The molecule has 0 amide bonds. The van der Waals surface area contributed by atoms with Crippen molar-refractivity contribution in [3.8, 4) is 0 Å². The third-order valence-electron chi connectivity index (χ3n) is 4.01. The number of rotatable bonds is 4. The van der Waals surface area contributed by atoms with Crippen molar-refractivity contribution in [1.82, 2.24) is 9.29 Å². The van der Waals surface area contributed by atoms with Gasteiger partial charge in [0.15, 0.2) is 0 Å². The van der Waals surface area contributed by atoms with Crippen molar-refractivity contribution in [3.05, 3.63) is 23.6 Å². The maximum Gasteiger partial charge on any atom is 0.213 e. The van der Waals surface area contributed by atoms with E-state index in [1.807, 2.05) is 4.90 Å². The molecular formula is C14H22FN3O2S. The molecule has 2 rings (SSSR count). The van der Waals surface area contributed by atoms with Crippen molar-refractivity contribution in [2.45, 2.75) is 32.7 Å². The summed E-state index contributed by atoms with van der Waals surface area (Å²) in [6.45, 7) is 4.79. The summed E-state index contributed by atoms with van der Waals surface area (Å²) in [7, 11) is -1.51. The minimum absolute atomic E-state index is 0.0147. The van der Waals surface area contributed by atoms with Crippen molar-refractivity contribution in [1.29, 1.82) is 0 Å². The lowest BCUT2D eigenvalue weighted by atomic mass is 10.1. The lowest BCUT2D eigenvalue weighted by Crippen LogP contribution is -2.46. The van der Waals surface area contributed by atoms with Crippen LogP contribution in [0.15, 0.2) is 12.1 Å². The van der Waals surface area contributed by atoms with Gasteiger partial charge in [-0.2, -0.15) is 0 Å². The summed E-state index contributed by atoms with van der Waals surface area (Å²) in [6, 6.07) is 2.85. The highest BCUT2D eigenvalue weighted by atomic mass is 32.2. The SMILES string of the molecule is CCS(=O)(=O)N(C)C1CCN(c2cc(F)cc(C)n2)CC1. The molecule has 1 saturated heterocycles. The average molecular weight is 315 g/mol. The summed E-state index contributed by atoms with van der Waals surface area (Å²) in [5, 5.41) is 0. The molecule has 1 aliphatic heterocycles. The fourth-order valence-electron chi connectivity index (χ4n) is 2.66. The molecule has 0 aliphatic carbocycles. The number of nitrogens with zero attached hydrogens (tertiary/aromatic N) is 3. The predicted molar refractivity (Wildman–Crippen MR) is 81.4 cm³/mol. The van der Waals surface area contributed by atoms with Crippen LogP contribution < -0.4 is 4.90 Å². The first kappa shape index (κ1) is 16.2. The summed E-state index contributed by atoms with van der Waals surface area (Å²) >= 11 is 0. The van der Waals surface area contributed by atoms with Crippen LogP contribution in [0.2, 0.25) is 0 Å². The molecule has 1 fully saturated rings. The second kappa shape index (κ2) is 6.27. The third-order valence-corrected chi connectivity index (χ3v) is 5.92. The van der Waals surface area contributed by atoms with Gasteiger partial charge in [0.1, 0.15) is 11.6 Å². The summed E-state index contributed by atoms with van der Waals surface area (Å²) in [6.07, 6.45) is 1.46. The van der Waals surface area contributed by atoms with E-state index in [1.165, 1.54) is 16.4 Å². The second-order valence-corrected chi connectivity index (χ2v) is 7.74. The Morgan fingerprint density at radius 1 is 1.38 bits per heavy atom. The molecule has 7 heteroatoms. The smallest absolute Gasteiger partial charge is 0.213 e. The number of anilines is 1. The van der Waals surface area contributed by atoms with E-state index in [-0.39, 0.29) is 17.6 Å². The Labute approximate surface area is 125 Å². The van der Waals surface area contributed by atoms with Gasteiger partial charge in [0.25, 0.3) is 0 Å². The van der Waals surface area contributed by atoms with Gasteiger partial charge in [-0.1, -0.05) is 0 Å². The Kier molecular flexibility index (Phi) is 4.83. The van der Waals surface area contributed by atoms with Crippen LogP contribution in [0.1, 0.15) is 25.5 Å². The highest BCUT2D eigenvalue weighted by Crippen LogP contribution is 2.23. The highest BCUT2D eigenvalue weighted by Gasteiger charge is 2.29. The number of aromatic nitrogens is 1. The van der Waals surface area contributed by atoms with Crippen molar-refractivity contribution in [3.63, 3.8) is 0 Å². The van der Waals surface area contributed by atoms with Crippen LogP contribution in [-0.2, 0) is 10.0 Å².